The second-order valence-electron chi connectivity index (χ2n) is 5.40. The average molecular weight is 288 g/mol. The van der Waals surface area contributed by atoms with Gasteiger partial charge in [-0.15, -0.1) is 0 Å². The van der Waals surface area contributed by atoms with Gasteiger partial charge in [0.25, 0.3) is 5.89 Å². The molecule has 1 atom stereocenters. The standard InChI is InChI=1S/C14H20N6O/c1-9-8-12(10(2)18-17-9)14-16-13(19-21-14)11(3)20-6-4-15-5-7-20/h8,11,15H,4-7H2,1-3H3. The van der Waals surface area contributed by atoms with E-state index < -0.39 is 0 Å². The number of hydrogen-bond acceptors (Lipinski definition) is 7. The molecule has 1 N–H and O–H groups in total. The highest BCUT2D eigenvalue weighted by Gasteiger charge is 2.23. The Morgan fingerprint density at radius 1 is 1.24 bits per heavy atom. The van der Waals surface area contributed by atoms with E-state index in [1.165, 1.54) is 0 Å². The molecule has 7 heteroatoms. The Bertz CT molecular complexity index is 620. The molecule has 7 nitrogen and oxygen atoms in total. The van der Waals surface area contributed by atoms with Crippen LogP contribution in [0, 0.1) is 13.8 Å². The molecule has 0 aliphatic carbocycles. The number of piperazine rings is 1. The minimum Gasteiger partial charge on any atom is -0.334 e. The van der Waals surface area contributed by atoms with Crippen molar-refractivity contribution in [3.8, 4) is 11.5 Å². The maximum absolute atomic E-state index is 5.43. The van der Waals surface area contributed by atoms with Crippen molar-refractivity contribution in [2.24, 2.45) is 0 Å². The quantitative estimate of drug-likeness (QED) is 0.906. The van der Waals surface area contributed by atoms with Crippen molar-refractivity contribution < 1.29 is 4.52 Å². The van der Waals surface area contributed by atoms with Gasteiger partial charge < -0.3 is 9.84 Å². The third-order valence-corrected chi connectivity index (χ3v) is 3.85. The Labute approximate surface area is 123 Å². The number of nitrogens with one attached hydrogen (secondary N) is 1. The van der Waals surface area contributed by atoms with E-state index >= 15 is 0 Å². The number of aromatic nitrogens is 4. The molecule has 1 aliphatic rings. The Kier molecular flexibility index (Phi) is 3.94. The summed E-state index contributed by atoms with van der Waals surface area (Å²) in [6, 6.07) is 2.08. The lowest BCUT2D eigenvalue weighted by Gasteiger charge is -2.30. The number of rotatable bonds is 3. The minimum absolute atomic E-state index is 0.154. The highest BCUT2D eigenvalue weighted by atomic mass is 16.5. The van der Waals surface area contributed by atoms with E-state index in [1.807, 2.05) is 19.9 Å². The predicted octanol–water partition coefficient (Wildman–Crippen LogP) is 1.11. The van der Waals surface area contributed by atoms with Crippen LogP contribution in [0.1, 0.15) is 30.2 Å². The first-order chi connectivity index (χ1) is 10.1. The largest absolute Gasteiger partial charge is 0.334 e. The Morgan fingerprint density at radius 2 is 2.00 bits per heavy atom. The van der Waals surface area contributed by atoms with Crippen LogP contribution in [0.3, 0.4) is 0 Å². The molecule has 2 aromatic heterocycles. The molecular weight excluding hydrogens is 268 g/mol. The van der Waals surface area contributed by atoms with Gasteiger partial charge in [0, 0.05) is 26.2 Å². The van der Waals surface area contributed by atoms with Crippen molar-refractivity contribution >= 4 is 0 Å². The van der Waals surface area contributed by atoms with Gasteiger partial charge in [-0.25, -0.2) is 0 Å². The molecule has 0 amide bonds. The second kappa shape index (κ2) is 5.87. The van der Waals surface area contributed by atoms with E-state index in [0.717, 1.165) is 49.0 Å². The maximum atomic E-state index is 5.43. The zero-order valence-electron chi connectivity index (χ0n) is 12.6. The first-order valence-corrected chi connectivity index (χ1v) is 7.25. The lowest BCUT2D eigenvalue weighted by atomic mass is 10.2. The first kappa shape index (κ1) is 14.1. The van der Waals surface area contributed by atoms with E-state index in [2.05, 4.69) is 37.5 Å². The number of nitrogens with zero attached hydrogens (tertiary/aromatic N) is 5. The number of hydrogen-bond donors (Lipinski definition) is 1. The van der Waals surface area contributed by atoms with Crippen LogP contribution in [-0.2, 0) is 0 Å². The third kappa shape index (κ3) is 2.93. The zero-order chi connectivity index (χ0) is 14.8. The van der Waals surface area contributed by atoms with Crippen molar-refractivity contribution in [3.63, 3.8) is 0 Å². The molecule has 0 saturated carbocycles. The molecule has 3 heterocycles. The lowest BCUT2D eigenvalue weighted by molar-refractivity contribution is 0.176. The molecule has 112 valence electrons. The Hall–Kier alpha value is -1.86. The van der Waals surface area contributed by atoms with Crippen LogP contribution in [0.5, 0.6) is 0 Å². The summed E-state index contributed by atoms with van der Waals surface area (Å²) in [7, 11) is 0. The lowest BCUT2D eigenvalue weighted by Crippen LogP contribution is -2.44. The summed E-state index contributed by atoms with van der Waals surface area (Å²) >= 11 is 0. The van der Waals surface area contributed by atoms with Crippen LogP contribution in [0.15, 0.2) is 10.6 Å². The van der Waals surface area contributed by atoms with Crippen molar-refractivity contribution in [2.75, 3.05) is 26.2 Å². The normalized spacial score (nSPS) is 17.9. The minimum atomic E-state index is 0.154. The van der Waals surface area contributed by atoms with Gasteiger partial charge in [0.05, 0.1) is 23.0 Å². The predicted molar refractivity (Wildman–Crippen MR) is 77.7 cm³/mol. The molecule has 0 radical (unpaired) electrons. The van der Waals surface area contributed by atoms with Crippen molar-refractivity contribution in [3.05, 3.63) is 23.3 Å². The summed E-state index contributed by atoms with van der Waals surface area (Å²) in [6.45, 7) is 9.91. The molecule has 0 bridgehead atoms. The van der Waals surface area contributed by atoms with Gasteiger partial charge in [-0.2, -0.15) is 15.2 Å². The zero-order valence-corrected chi connectivity index (χ0v) is 12.6. The van der Waals surface area contributed by atoms with Crippen LogP contribution in [0.4, 0.5) is 0 Å². The summed E-state index contributed by atoms with van der Waals surface area (Å²) in [5.41, 5.74) is 2.49. The fourth-order valence-electron chi connectivity index (χ4n) is 2.51. The molecule has 21 heavy (non-hydrogen) atoms. The molecular formula is C14H20N6O. The molecule has 1 fully saturated rings. The molecule has 1 unspecified atom stereocenters. The molecule has 3 rings (SSSR count). The first-order valence-electron chi connectivity index (χ1n) is 7.25. The fourth-order valence-corrected chi connectivity index (χ4v) is 2.51. The topological polar surface area (TPSA) is 80.0 Å². The maximum Gasteiger partial charge on any atom is 0.259 e. The molecule has 2 aromatic rings. The van der Waals surface area contributed by atoms with Gasteiger partial charge in [-0.3, -0.25) is 4.90 Å². The van der Waals surface area contributed by atoms with Gasteiger partial charge >= 0.3 is 0 Å². The van der Waals surface area contributed by atoms with Crippen LogP contribution in [-0.4, -0.2) is 51.4 Å². The van der Waals surface area contributed by atoms with Crippen LogP contribution >= 0.6 is 0 Å². The van der Waals surface area contributed by atoms with Gasteiger partial charge in [0.2, 0.25) is 0 Å². The smallest absolute Gasteiger partial charge is 0.259 e. The highest BCUT2D eigenvalue weighted by Crippen LogP contribution is 2.24. The van der Waals surface area contributed by atoms with Crippen molar-refractivity contribution in [1.29, 1.82) is 0 Å². The molecule has 0 spiro atoms. The monoisotopic (exact) mass is 288 g/mol. The summed E-state index contributed by atoms with van der Waals surface area (Å²) in [6.07, 6.45) is 0. The molecule has 1 aliphatic heterocycles. The van der Waals surface area contributed by atoms with Crippen LogP contribution in [0.2, 0.25) is 0 Å². The van der Waals surface area contributed by atoms with Crippen molar-refractivity contribution in [2.45, 2.75) is 26.8 Å². The van der Waals surface area contributed by atoms with Gasteiger partial charge in [-0.1, -0.05) is 5.16 Å². The summed E-state index contributed by atoms with van der Waals surface area (Å²) in [5.74, 6) is 1.24. The molecule has 0 aromatic carbocycles. The van der Waals surface area contributed by atoms with Crippen LogP contribution < -0.4 is 5.32 Å². The van der Waals surface area contributed by atoms with Crippen molar-refractivity contribution in [1.82, 2.24) is 30.6 Å². The summed E-state index contributed by atoms with van der Waals surface area (Å²) < 4.78 is 5.43. The third-order valence-electron chi connectivity index (χ3n) is 3.85. The fraction of sp³-hybridized carbons (Fsp3) is 0.571. The van der Waals surface area contributed by atoms with E-state index in [1.54, 1.807) is 0 Å². The van der Waals surface area contributed by atoms with E-state index in [-0.39, 0.29) is 6.04 Å². The van der Waals surface area contributed by atoms with Crippen LogP contribution in [0.25, 0.3) is 11.5 Å². The van der Waals surface area contributed by atoms with E-state index in [9.17, 15) is 0 Å². The van der Waals surface area contributed by atoms with Gasteiger partial charge in [-0.05, 0) is 26.8 Å². The van der Waals surface area contributed by atoms with E-state index in [0.29, 0.717) is 5.89 Å². The Balaban J connectivity index is 1.84. The number of aryl methyl sites for hydroxylation is 2. The summed E-state index contributed by atoms with van der Waals surface area (Å²) in [4.78, 5) is 6.91. The highest BCUT2D eigenvalue weighted by molar-refractivity contribution is 5.55. The van der Waals surface area contributed by atoms with Gasteiger partial charge in [0.1, 0.15) is 0 Å². The molecule has 1 saturated heterocycles. The second-order valence-corrected chi connectivity index (χ2v) is 5.40. The Morgan fingerprint density at radius 3 is 2.76 bits per heavy atom. The SMILES string of the molecule is Cc1cc(-c2nc(C(C)N3CCNCC3)no2)c(C)nn1. The average Bonchev–Trinajstić information content (AvgIpc) is 2.99. The summed E-state index contributed by atoms with van der Waals surface area (Å²) in [5, 5.41) is 15.6. The van der Waals surface area contributed by atoms with Gasteiger partial charge in [0.15, 0.2) is 5.82 Å². The van der Waals surface area contributed by atoms with E-state index in [4.69, 9.17) is 4.52 Å².